The largest absolute Gasteiger partial charge is 0.573 e. The summed E-state index contributed by atoms with van der Waals surface area (Å²) in [6.45, 7) is 0.0713. The van der Waals surface area contributed by atoms with Crippen molar-refractivity contribution in [3.05, 3.63) is 64.7 Å². The van der Waals surface area contributed by atoms with Crippen LogP contribution >= 0.6 is 0 Å². The van der Waals surface area contributed by atoms with E-state index in [1.54, 1.807) is 12.1 Å². The molecule has 2 N–H and O–H groups in total. The number of imide groups is 2. The first-order valence-corrected chi connectivity index (χ1v) is 10.5. The number of piperidine rings is 1. The van der Waals surface area contributed by atoms with Gasteiger partial charge in [0.05, 0.1) is 17.5 Å². The third-order valence-electron chi connectivity index (χ3n) is 5.57. The summed E-state index contributed by atoms with van der Waals surface area (Å²) in [7, 11) is 0. The summed E-state index contributed by atoms with van der Waals surface area (Å²) < 4.78 is 40.5. The van der Waals surface area contributed by atoms with Crippen LogP contribution in [0.4, 0.5) is 13.2 Å². The number of rotatable bonds is 5. The Bertz CT molecular complexity index is 1230. The van der Waals surface area contributed by atoms with Gasteiger partial charge in [0.1, 0.15) is 11.8 Å². The van der Waals surface area contributed by atoms with Gasteiger partial charge in [-0.2, -0.15) is 0 Å². The molecule has 0 bridgehead atoms. The van der Waals surface area contributed by atoms with E-state index < -0.39 is 47.7 Å². The fraction of sp³-hybridized carbons (Fsp3) is 0.261. The molecule has 2 heterocycles. The molecule has 35 heavy (non-hydrogen) atoms. The van der Waals surface area contributed by atoms with E-state index in [-0.39, 0.29) is 36.9 Å². The maximum Gasteiger partial charge on any atom is 0.573 e. The van der Waals surface area contributed by atoms with Crippen LogP contribution < -0.4 is 15.4 Å². The molecule has 2 aliphatic heterocycles. The lowest BCUT2D eigenvalue weighted by molar-refractivity contribution is -0.274. The summed E-state index contributed by atoms with van der Waals surface area (Å²) in [6.07, 6.45) is -4.89. The van der Waals surface area contributed by atoms with Crippen LogP contribution in [0.1, 0.15) is 44.7 Å². The second-order valence-electron chi connectivity index (χ2n) is 7.99. The van der Waals surface area contributed by atoms with E-state index >= 15 is 0 Å². The van der Waals surface area contributed by atoms with Crippen molar-refractivity contribution in [2.24, 2.45) is 0 Å². The molecule has 1 unspecified atom stereocenters. The Labute approximate surface area is 196 Å². The van der Waals surface area contributed by atoms with E-state index in [1.165, 1.54) is 23.1 Å². The second kappa shape index (κ2) is 9.20. The van der Waals surface area contributed by atoms with E-state index in [1.807, 2.05) is 0 Å². The third kappa shape index (κ3) is 5.31. The highest BCUT2D eigenvalue weighted by Crippen LogP contribution is 2.30. The normalized spacial score (nSPS) is 17.6. The number of amides is 5. The topological polar surface area (TPSA) is 122 Å². The molecule has 0 radical (unpaired) electrons. The van der Waals surface area contributed by atoms with Crippen molar-refractivity contribution in [1.82, 2.24) is 15.5 Å². The monoisotopic (exact) mass is 489 g/mol. The van der Waals surface area contributed by atoms with Crippen molar-refractivity contribution >= 4 is 29.5 Å². The van der Waals surface area contributed by atoms with E-state index in [4.69, 9.17) is 0 Å². The van der Waals surface area contributed by atoms with Gasteiger partial charge in [0.15, 0.2) is 0 Å². The number of ether oxygens (including phenoxy) is 1. The van der Waals surface area contributed by atoms with Crippen molar-refractivity contribution in [2.45, 2.75) is 38.2 Å². The molecule has 1 atom stereocenters. The van der Waals surface area contributed by atoms with E-state index in [0.717, 1.165) is 12.1 Å². The number of nitrogens with one attached hydrogen (secondary N) is 2. The third-order valence-corrected chi connectivity index (χ3v) is 5.57. The highest BCUT2D eigenvalue weighted by Gasteiger charge is 2.40. The van der Waals surface area contributed by atoms with E-state index in [9.17, 15) is 37.1 Å². The molecule has 0 aliphatic carbocycles. The van der Waals surface area contributed by atoms with Crippen molar-refractivity contribution in [3.63, 3.8) is 0 Å². The minimum atomic E-state index is -4.84. The number of carbonyl (C=O) groups is 5. The fourth-order valence-corrected chi connectivity index (χ4v) is 4.04. The van der Waals surface area contributed by atoms with Gasteiger partial charge in [-0.3, -0.25) is 34.6 Å². The molecule has 9 nitrogen and oxygen atoms in total. The number of fused-ring (bicyclic) bond motifs is 1. The quantitative estimate of drug-likeness (QED) is 0.619. The standard InChI is InChI=1S/C23H18F3N3O6/c24-23(25,26)35-14-6-4-12(5-7-14)10-18(31)28-20(32)15-3-1-2-13-11-29(22(34)19(13)15)16-8-9-17(30)27-21(16)33/h1-7,16H,8-11H2,(H,27,30,33)(H,28,31,32). The summed E-state index contributed by atoms with van der Waals surface area (Å²) in [4.78, 5) is 63.1. The SMILES string of the molecule is O=C(Cc1ccc(OC(F)(F)F)cc1)NC(=O)c1cccc2c1C(=O)N(C1CCC(=O)NC1=O)C2. The smallest absolute Gasteiger partial charge is 0.406 e. The Hall–Kier alpha value is -4.22. The minimum absolute atomic E-state index is 0.0513. The van der Waals surface area contributed by atoms with Crippen LogP contribution in [-0.4, -0.2) is 46.8 Å². The molecule has 2 aromatic rings. The molecule has 0 saturated carbocycles. The van der Waals surface area contributed by atoms with Crippen LogP contribution in [0.15, 0.2) is 42.5 Å². The summed E-state index contributed by atoms with van der Waals surface area (Å²) in [5, 5.41) is 4.37. The number of hydrogen-bond acceptors (Lipinski definition) is 6. The maximum atomic E-state index is 13.1. The number of hydrogen-bond donors (Lipinski definition) is 2. The first-order chi connectivity index (χ1) is 16.5. The molecule has 5 amide bonds. The van der Waals surface area contributed by atoms with Gasteiger partial charge in [0.25, 0.3) is 11.8 Å². The van der Waals surface area contributed by atoms with Gasteiger partial charge in [-0.05, 0) is 35.7 Å². The van der Waals surface area contributed by atoms with Gasteiger partial charge >= 0.3 is 6.36 Å². The molecule has 1 saturated heterocycles. The predicted molar refractivity (Wildman–Crippen MR) is 112 cm³/mol. The molecular weight excluding hydrogens is 471 g/mol. The maximum absolute atomic E-state index is 13.1. The Balaban J connectivity index is 1.43. The van der Waals surface area contributed by atoms with Crippen molar-refractivity contribution < 1.29 is 41.9 Å². The lowest BCUT2D eigenvalue weighted by Crippen LogP contribution is -2.52. The average molecular weight is 489 g/mol. The average Bonchev–Trinajstić information content (AvgIpc) is 3.10. The highest BCUT2D eigenvalue weighted by molar-refractivity contribution is 6.14. The Morgan fingerprint density at radius 1 is 1.09 bits per heavy atom. The van der Waals surface area contributed by atoms with Gasteiger partial charge in [-0.25, -0.2) is 0 Å². The first-order valence-electron chi connectivity index (χ1n) is 10.5. The van der Waals surface area contributed by atoms with Gasteiger partial charge in [0.2, 0.25) is 17.7 Å². The highest BCUT2D eigenvalue weighted by atomic mass is 19.4. The zero-order valence-corrected chi connectivity index (χ0v) is 18.0. The summed E-state index contributed by atoms with van der Waals surface area (Å²) in [6, 6.07) is 8.29. The Kier molecular flexibility index (Phi) is 6.29. The van der Waals surface area contributed by atoms with Crippen LogP contribution in [0.2, 0.25) is 0 Å². The van der Waals surface area contributed by atoms with Crippen LogP contribution in [0.5, 0.6) is 5.75 Å². The van der Waals surface area contributed by atoms with Crippen molar-refractivity contribution in [2.75, 3.05) is 0 Å². The number of nitrogens with zero attached hydrogens (tertiary/aromatic N) is 1. The summed E-state index contributed by atoms with van der Waals surface area (Å²) >= 11 is 0. The lowest BCUT2D eigenvalue weighted by Gasteiger charge is -2.29. The molecular formula is C23H18F3N3O6. The number of alkyl halides is 3. The van der Waals surface area contributed by atoms with Crippen LogP contribution in [0.25, 0.3) is 0 Å². The fourth-order valence-electron chi connectivity index (χ4n) is 4.04. The zero-order valence-electron chi connectivity index (χ0n) is 18.0. The summed E-state index contributed by atoms with van der Waals surface area (Å²) in [5.41, 5.74) is 0.851. The van der Waals surface area contributed by atoms with E-state index in [0.29, 0.717) is 11.1 Å². The molecule has 12 heteroatoms. The van der Waals surface area contributed by atoms with Crippen LogP contribution in [-0.2, 0) is 27.3 Å². The number of carbonyl (C=O) groups excluding carboxylic acids is 5. The lowest BCUT2D eigenvalue weighted by atomic mass is 10.0. The summed E-state index contributed by atoms with van der Waals surface area (Å²) in [5.74, 6) is -3.58. The predicted octanol–water partition coefficient (Wildman–Crippen LogP) is 1.85. The molecule has 0 aromatic heterocycles. The molecule has 182 valence electrons. The molecule has 0 spiro atoms. The van der Waals surface area contributed by atoms with Gasteiger partial charge in [-0.15, -0.1) is 13.2 Å². The first kappa shape index (κ1) is 23.9. The second-order valence-corrected chi connectivity index (χ2v) is 7.99. The Morgan fingerprint density at radius 2 is 1.80 bits per heavy atom. The van der Waals surface area contributed by atoms with Crippen molar-refractivity contribution in [3.8, 4) is 5.75 Å². The van der Waals surface area contributed by atoms with E-state index in [2.05, 4.69) is 15.4 Å². The van der Waals surface area contributed by atoms with Gasteiger partial charge < -0.3 is 9.64 Å². The number of halogens is 3. The molecule has 2 aliphatic rings. The van der Waals surface area contributed by atoms with Crippen molar-refractivity contribution in [1.29, 1.82) is 0 Å². The minimum Gasteiger partial charge on any atom is -0.406 e. The van der Waals surface area contributed by atoms with Gasteiger partial charge in [-0.1, -0.05) is 24.3 Å². The van der Waals surface area contributed by atoms with Crippen LogP contribution in [0, 0.1) is 0 Å². The molecule has 1 fully saturated rings. The zero-order chi connectivity index (χ0) is 25.3. The number of benzene rings is 2. The molecule has 4 rings (SSSR count). The molecule has 2 aromatic carbocycles. The van der Waals surface area contributed by atoms with Crippen LogP contribution in [0.3, 0.4) is 0 Å². The van der Waals surface area contributed by atoms with Gasteiger partial charge in [0, 0.05) is 13.0 Å². The Morgan fingerprint density at radius 3 is 2.46 bits per heavy atom.